The predicted octanol–water partition coefficient (Wildman–Crippen LogP) is -1.73. The Morgan fingerprint density at radius 1 is 0.250 bits per heavy atom. The minimum Gasteiger partial charge on any atom is -1.00 e. The third-order valence-electron chi connectivity index (χ3n) is 4.74. The molecule has 2 aliphatic rings. The van der Waals surface area contributed by atoms with Crippen molar-refractivity contribution < 1.29 is 33.0 Å². The standard InChI is InChI=1S/2C10H24N4.2Ni.S2/c2*1-3-11-7-9-13-5-2-6-14-10-8-12-4-1;;;1-2/h2*11-14H,1-10H2;;;/q;;;;-2. The fourth-order valence-electron chi connectivity index (χ4n) is 3.06. The van der Waals surface area contributed by atoms with E-state index in [1.165, 1.54) is 25.7 Å². The van der Waals surface area contributed by atoms with E-state index >= 15 is 0 Å². The van der Waals surface area contributed by atoms with Crippen LogP contribution in [0.4, 0.5) is 0 Å². The normalized spacial score (nSPS) is 21.2. The summed E-state index contributed by atoms with van der Waals surface area (Å²) in [5.41, 5.74) is 0. The van der Waals surface area contributed by atoms with Gasteiger partial charge in [0.2, 0.25) is 0 Å². The molecule has 0 spiro atoms. The number of hydrogen-bond acceptors (Lipinski definition) is 10. The summed E-state index contributed by atoms with van der Waals surface area (Å²) >= 11 is 7.33. The molecule has 0 amide bonds. The van der Waals surface area contributed by atoms with Crippen LogP contribution in [-0.2, 0) is 56.3 Å². The van der Waals surface area contributed by atoms with E-state index in [1.54, 1.807) is 0 Å². The molecule has 0 aromatic rings. The Balaban J connectivity index is -0.000000461. The van der Waals surface area contributed by atoms with Gasteiger partial charge in [-0.05, 0) is 78.0 Å². The maximum Gasteiger partial charge on any atom is 0.00767 e. The zero-order chi connectivity index (χ0) is 21.8. The molecule has 0 bridgehead atoms. The van der Waals surface area contributed by atoms with Crippen LogP contribution in [0.25, 0.3) is 0 Å². The fraction of sp³-hybridized carbons (Fsp3) is 1.00. The molecular weight excluding hydrogens is 534 g/mol. The molecule has 8 N–H and O–H groups in total. The van der Waals surface area contributed by atoms with E-state index in [0.29, 0.717) is 0 Å². The van der Waals surface area contributed by atoms with Gasteiger partial charge in [0.25, 0.3) is 0 Å². The zero-order valence-electron chi connectivity index (χ0n) is 19.6. The third kappa shape index (κ3) is 33.5. The van der Waals surface area contributed by atoms with Gasteiger partial charge < -0.3 is 65.9 Å². The molecule has 0 atom stereocenters. The van der Waals surface area contributed by atoms with Crippen LogP contribution < -0.4 is 42.5 Å². The number of nitrogens with one attached hydrogen (secondary N) is 8. The molecule has 12 heteroatoms. The Morgan fingerprint density at radius 2 is 0.375 bits per heavy atom. The van der Waals surface area contributed by atoms with Gasteiger partial charge in [0, 0.05) is 85.3 Å². The van der Waals surface area contributed by atoms with Crippen molar-refractivity contribution in [2.24, 2.45) is 0 Å². The SMILES string of the molecule is C1CNCCNCCCNCCNC1.C1CNCCNCCCNCCNC1.[Ni].[Ni].[S-][S-]. The van der Waals surface area contributed by atoms with Gasteiger partial charge in [-0.15, -0.1) is 0 Å². The molecule has 0 aromatic carbocycles. The van der Waals surface area contributed by atoms with Gasteiger partial charge in [0.05, 0.1) is 0 Å². The summed E-state index contributed by atoms with van der Waals surface area (Å²) in [4.78, 5) is 0. The van der Waals surface area contributed by atoms with Crippen LogP contribution in [0.3, 0.4) is 0 Å². The van der Waals surface area contributed by atoms with Crippen LogP contribution in [-0.4, -0.2) is 105 Å². The topological polar surface area (TPSA) is 96.2 Å². The van der Waals surface area contributed by atoms with Crippen LogP contribution >= 0.6 is 0 Å². The predicted molar refractivity (Wildman–Crippen MR) is 136 cm³/mol. The zero-order valence-corrected chi connectivity index (χ0v) is 23.2. The molecule has 0 radical (unpaired) electrons. The molecular formula is C20H48N8Ni2S2-2. The van der Waals surface area contributed by atoms with Crippen molar-refractivity contribution >= 4 is 23.3 Å². The first-order chi connectivity index (χ1) is 15.0. The fourth-order valence-corrected chi connectivity index (χ4v) is 3.06. The van der Waals surface area contributed by atoms with Gasteiger partial charge in [-0.2, -0.15) is 0 Å². The molecule has 2 rings (SSSR count). The van der Waals surface area contributed by atoms with Gasteiger partial charge >= 0.3 is 0 Å². The monoisotopic (exact) mass is 580 g/mol. The van der Waals surface area contributed by atoms with Crippen LogP contribution in [0.5, 0.6) is 0 Å². The van der Waals surface area contributed by atoms with Crippen molar-refractivity contribution in [2.45, 2.75) is 25.7 Å². The summed E-state index contributed by atoms with van der Waals surface area (Å²) in [5.74, 6) is 0. The van der Waals surface area contributed by atoms with Crippen molar-refractivity contribution in [2.75, 3.05) is 105 Å². The summed E-state index contributed by atoms with van der Waals surface area (Å²) in [7, 11) is 0. The average molecular weight is 582 g/mol. The second kappa shape index (κ2) is 36.9. The van der Waals surface area contributed by atoms with Gasteiger partial charge in [0.1, 0.15) is 0 Å². The largest absolute Gasteiger partial charge is 1.00 e. The van der Waals surface area contributed by atoms with Crippen LogP contribution in [0.1, 0.15) is 25.7 Å². The molecule has 0 aromatic heterocycles. The minimum absolute atomic E-state index is 0. The Morgan fingerprint density at radius 3 is 0.500 bits per heavy atom. The van der Waals surface area contributed by atoms with E-state index in [4.69, 9.17) is 0 Å². The maximum absolute atomic E-state index is 3.67. The van der Waals surface area contributed by atoms with E-state index in [0.717, 1.165) is 105 Å². The first-order valence-corrected chi connectivity index (χ1v) is 13.2. The van der Waals surface area contributed by atoms with E-state index in [-0.39, 0.29) is 33.0 Å². The molecule has 0 aliphatic carbocycles. The van der Waals surface area contributed by atoms with Crippen molar-refractivity contribution in [3.63, 3.8) is 0 Å². The van der Waals surface area contributed by atoms with Crippen LogP contribution in [0.2, 0.25) is 0 Å². The first-order valence-electron chi connectivity index (χ1n) is 11.8. The summed E-state index contributed by atoms with van der Waals surface area (Å²) < 4.78 is 0. The smallest absolute Gasteiger partial charge is 0.00767 e. The summed E-state index contributed by atoms with van der Waals surface area (Å²) in [6.07, 6.45) is 4.89. The minimum atomic E-state index is 0. The van der Waals surface area contributed by atoms with E-state index in [1.807, 2.05) is 0 Å². The molecule has 0 saturated carbocycles. The molecule has 202 valence electrons. The Bertz CT molecular complexity index is 180. The Hall–Kier alpha value is 1.37. The number of hydrogen-bond donors (Lipinski definition) is 8. The Labute approximate surface area is 228 Å². The molecule has 8 nitrogen and oxygen atoms in total. The second-order valence-electron chi connectivity index (χ2n) is 7.41. The molecule has 2 saturated heterocycles. The third-order valence-corrected chi connectivity index (χ3v) is 4.74. The van der Waals surface area contributed by atoms with E-state index in [9.17, 15) is 0 Å². The molecule has 2 fully saturated rings. The first kappa shape index (κ1) is 37.9. The van der Waals surface area contributed by atoms with Crippen molar-refractivity contribution in [1.82, 2.24) is 42.5 Å². The number of rotatable bonds is 0. The summed E-state index contributed by atoms with van der Waals surface area (Å²) in [6, 6.07) is 0. The molecule has 0 unspecified atom stereocenters. The van der Waals surface area contributed by atoms with Gasteiger partial charge in [-0.25, -0.2) is 0 Å². The van der Waals surface area contributed by atoms with Crippen molar-refractivity contribution in [3.8, 4) is 0 Å². The van der Waals surface area contributed by atoms with E-state index < -0.39 is 0 Å². The Kier molecular flexibility index (Phi) is 43.7. The maximum atomic E-state index is 3.67. The van der Waals surface area contributed by atoms with Gasteiger partial charge in [-0.1, -0.05) is 0 Å². The van der Waals surface area contributed by atoms with E-state index in [2.05, 4.69) is 65.9 Å². The van der Waals surface area contributed by atoms with Crippen molar-refractivity contribution in [1.29, 1.82) is 0 Å². The molecule has 2 aliphatic heterocycles. The summed E-state index contributed by atoms with van der Waals surface area (Å²) in [5, 5.41) is 27.4. The summed E-state index contributed by atoms with van der Waals surface area (Å²) in [6.45, 7) is 17.7. The molecule has 2 heterocycles. The average Bonchev–Trinajstić information content (AvgIpc) is 2.79. The van der Waals surface area contributed by atoms with Crippen LogP contribution in [0.15, 0.2) is 0 Å². The van der Waals surface area contributed by atoms with Crippen LogP contribution in [0, 0.1) is 0 Å². The molecule has 32 heavy (non-hydrogen) atoms. The van der Waals surface area contributed by atoms with Gasteiger partial charge in [0.15, 0.2) is 0 Å². The quantitative estimate of drug-likeness (QED) is 0.0958. The van der Waals surface area contributed by atoms with Gasteiger partial charge in [-0.3, -0.25) is 0 Å². The second-order valence-corrected chi connectivity index (χ2v) is 7.41. The van der Waals surface area contributed by atoms with Crippen molar-refractivity contribution in [3.05, 3.63) is 0 Å².